The van der Waals surface area contributed by atoms with Crippen LogP contribution >= 0.6 is 0 Å². The Kier molecular flexibility index (Phi) is 5.04. The summed E-state index contributed by atoms with van der Waals surface area (Å²) in [6, 6.07) is 2.04. The molecule has 0 radical (unpaired) electrons. The highest BCUT2D eigenvalue weighted by atomic mass is 32.2. The molecule has 7 nitrogen and oxygen atoms in total. The molecule has 1 atom stereocenters. The predicted octanol–water partition coefficient (Wildman–Crippen LogP) is 1.57. The molecule has 1 aromatic carbocycles. The van der Waals surface area contributed by atoms with E-state index in [4.69, 9.17) is 9.31 Å². The van der Waals surface area contributed by atoms with Crippen molar-refractivity contribution >= 4 is 23.4 Å². The van der Waals surface area contributed by atoms with Crippen LogP contribution in [0.3, 0.4) is 0 Å². The second-order valence-corrected chi connectivity index (χ2v) is 9.46. The first-order valence-corrected chi connectivity index (χ1v) is 10.0. The molecule has 1 saturated heterocycles. The van der Waals surface area contributed by atoms with Crippen LogP contribution in [0, 0.1) is 11.6 Å². The Hall–Kier alpha value is -1.66. The van der Waals surface area contributed by atoms with Gasteiger partial charge in [-0.25, -0.2) is 17.2 Å². The molecule has 1 aromatic rings. The number of dihydropyridines is 1. The van der Waals surface area contributed by atoms with Gasteiger partial charge in [0.2, 0.25) is 10.0 Å². The topological polar surface area (TPSA) is 97.2 Å². The highest BCUT2D eigenvalue weighted by Crippen LogP contribution is 2.39. The lowest BCUT2D eigenvalue weighted by Crippen LogP contribution is -2.51. The van der Waals surface area contributed by atoms with Crippen molar-refractivity contribution in [3.63, 3.8) is 0 Å². The maximum Gasteiger partial charge on any atom is 0.496 e. The van der Waals surface area contributed by atoms with Gasteiger partial charge in [-0.15, -0.1) is 0 Å². The van der Waals surface area contributed by atoms with Crippen molar-refractivity contribution < 1.29 is 31.6 Å². The Balaban J connectivity index is 1.87. The third kappa shape index (κ3) is 3.90. The highest BCUT2D eigenvalue weighted by Gasteiger charge is 2.53. The van der Waals surface area contributed by atoms with Crippen molar-refractivity contribution in [2.45, 2.75) is 49.5 Å². The number of benzene rings is 1. The molecular formula is C17H21BF2N2O5S. The number of halogens is 2. The molecule has 2 N–H and O–H groups in total. The second kappa shape index (κ2) is 6.70. The summed E-state index contributed by atoms with van der Waals surface area (Å²) in [4.78, 5) is 3.19. The minimum Gasteiger partial charge on any atom is -0.399 e. The smallest absolute Gasteiger partial charge is 0.399 e. The summed E-state index contributed by atoms with van der Waals surface area (Å²) in [5.41, 5.74) is -3.10. The van der Waals surface area contributed by atoms with Crippen molar-refractivity contribution in [3.8, 4) is 0 Å². The first-order chi connectivity index (χ1) is 12.7. The van der Waals surface area contributed by atoms with E-state index in [1.807, 2.05) is 32.4 Å². The summed E-state index contributed by atoms with van der Waals surface area (Å²) in [5.74, 6) is -2.19. The van der Waals surface area contributed by atoms with E-state index in [0.29, 0.717) is 11.5 Å². The first kappa shape index (κ1) is 21.1. The molecule has 2 heterocycles. The molecule has 0 aromatic heterocycles. The fraction of sp³-hybridized carbons (Fsp3) is 0.471. The van der Waals surface area contributed by atoms with Crippen LogP contribution in [-0.2, 0) is 19.3 Å². The van der Waals surface area contributed by atoms with Gasteiger partial charge in [-0.2, -0.15) is 4.72 Å². The molecular weight excluding hydrogens is 393 g/mol. The van der Waals surface area contributed by atoms with Crippen LogP contribution in [0.25, 0.3) is 0 Å². The minimum atomic E-state index is -4.50. The van der Waals surface area contributed by atoms with Gasteiger partial charge in [0.25, 0.3) is 0 Å². The largest absolute Gasteiger partial charge is 0.496 e. The summed E-state index contributed by atoms with van der Waals surface area (Å²) < 4.78 is 65.7. The van der Waals surface area contributed by atoms with Crippen molar-refractivity contribution in [2.24, 2.45) is 4.99 Å². The van der Waals surface area contributed by atoms with E-state index in [9.17, 15) is 22.3 Å². The van der Waals surface area contributed by atoms with Crippen molar-refractivity contribution in [1.29, 1.82) is 0 Å². The molecule has 3 rings (SSSR count). The number of hydrogen-bond donors (Lipinski definition) is 2. The minimum absolute atomic E-state index is 0.315. The van der Waals surface area contributed by atoms with E-state index in [1.54, 1.807) is 0 Å². The third-order valence-corrected chi connectivity index (χ3v) is 6.53. The molecule has 0 saturated carbocycles. The van der Waals surface area contributed by atoms with Gasteiger partial charge in [-0.1, -0.05) is 0 Å². The Labute approximate surface area is 162 Å². The summed E-state index contributed by atoms with van der Waals surface area (Å²) in [5, 5.41) is 10.7. The lowest BCUT2D eigenvalue weighted by Gasteiger charge is -2.32. The number of aliphatic hydroxyl groups is 1. The predicted molar refractivity (Wildman–Crippen MR) is 99.2 cm³/mol. The van der Waals surface area contributed by atoms with Gasteiger partial charge in [0, 0.05) is 17.8 Å². The first-order valence-electron chi connectivity index (χ1n) is 8.54. The normalized spacial score (nSPS) is 26.4. The van der Waals surface area contributed by atoms with Crippen molar-refractivity contribution in [3.05, 3.63) is 41.4 Å². The van der Waals surface area contributed by atoms with E-state index in [-0.39, 0.29) is 6.54 Å². The quantitative estimate of drug-likeness (QED) is 0.576. The molecule has 152 valence electrons. The molecule has 0 aliphatic carbocycles. The van der Waals surface area contributed by atoms with Crippen LogP contribution in [0.1, 0.15) is 27.7 Å². The number of aliphatic imine (C=N–C) groups is 1. The Bertz CT molecular complexity index is 948. The van der Waals surface area contributed by atoms with E-state index in [0.717, 1.165) is 12.1 Å². The van der Waals surface area contributed by atoms with E-state index < -0.39 is 50.6 Å². The van der Waals surface area contributed by atoms with Gasteiger partial charge in [-0.05, 0) is 45.9 Å². The van der Waals surface area contributed by atoms with Crippen LogP contribution in [0.4, 0.5) is 8.78 Å². The molecule has 1 unspecified atom stereocenters. The third-order valence-electron chi connectivity index (χ3n) is 5.00. The van der Waals surface area contributed by atoms with Gasteiger partial charge in [0.15, 0.2) is 5.72 Å². The zero-order valence-corrected chi connectivity index (χ0v) is 16.7. The molecule has 0 bridgehead atoms. The molecule has 2 aliphatic heterocycles. The Morgan fingerprint density at radius 2 is 1.79 bits per heavy atom. The van der Waals surface area contributed by atoms with Crippen LogP contribution in [0.5, 0.6) is 0 Å². The van der Waals surface area contributed by atoms with Crippen LogP contribution in [-0.4, -0.2) is 50.3 Å². The summed E-state index contributed by atoms with van der Waals surface area (Å²) in [6.45, 7) is 7.05. The Morgan fingerprint density at radius 1 is 1.18 bits per heavy atom. The molecule has 1 fully saturated rings. The standard InChI is InChI=1S/C17H21BF2N2O5S/c1-15(2)16(3,4)27-18(26-15)11-8-17(23,10-21-9-11)22-28(24,25)14-6-5-12(19)7-13(14)20/h5-9,22-23H,10H2,1-4H3. The number of sulfonamides is 1. The zero-order valence-electron chi connectivity index (χ0n) is 15.9. The number of hydrogen-bond acceptors (Lipinski definition) is 6. The fourth-order valence-electron chi connectivity index (χ4n) is 2.80. The number of rotatable bonds is 4. The highest BCUT2D eigenvalue weighted by molar-refractivity contribution is 7.89. The van der Waals surface area contributed by atoms with Crippen molar-refractivity contribution in [1.82, 2.24) is 4.72 Å². The van der Waals surface area contributed by atoms with Gasteiger partial charge in [0.05, 0.1) is 17.7 Å². The molecule has 0 spiro atoms. The SMILES string of the molecule is CC1(C)OB(C2=CC(O)(NS(=O)(=O)c3ccc(F)cc3F)CN=C2)OC1(C)C. The lowest BCUT2D eigenvalue weighted by molar-refractivity contribution is 0.00578. The van der Waals surface area contributed by atoms with Crippen molar-refractivity contribution in [2.75, 3.05) is 6.54 Å². The number of nitrogens with zero attached hydrogens (tertiary/aromatic N) is 1. The van der Waals surface area contributed by atoms with Gasteiger partial charge in [0.1, 0.15) is 16.5 Å². The van der Waals surface area contributed by atoms with Crippen LogP contribution < -0.4 is 4.72 Å². The lowest BCUT2D eigenvalue weighted by atomic mass is 9.76. The Morgan fingerprint density at radius 3 is 2.36 bits per heavy atom. The summed E-state index contributed by atoms with van der Waals surface area (Å²) in [6.07, 6.45) is 2.63. The van der Waals surface area contributed by atoms with E-state index in [2.05, 4.69) is 4.99 Å². The van der Waals surface area contributed by atoms with Crippen LogP contribution in [0.15, 0.2) is 39.6 Å². The molecule has 28 heavy (non-hydrogen) atoms. The van der Waals surface area contributed by atoms with Gasteiger partial charge in [-0.3, -0.25) is 4.99 Å². The summed E-state index contributed by atoms with van der Waals surface area (Å²) >= 11 is 0. The van der Waals surface area contributed by atoms with Gasteiger partial charge < -0.3 is 14.4 Å². The number of allylic oxidation sites excluding steroid dienone is 1. The second-order valence-electron chi connectivity index (χ2n) is 7.81. The average Bonchev–Trinajstić information content (AvgIpc) is 2.74. The fourth-order valence-corrected chi connectivity index (χ4v) is 4.06. The maximum absolute atomic E-state index is 13.9. The van der Waals surface area contributed by atoms with E-state index >= 15 is 0 Å². The zero-order chi connectivity index (χ0) is 21.0. The maximum atomic E-state index is 13.9. The number of nitrogens with one attached hydrogen (secondary N) is 1. The van der Waals surface area contributed by atoms with Gasteiger partial charge >= 0.3 is 7.12 Å². The average molecular weight is 414 g/mol. The molecule has 0 amide bonds. The summed E-state index contributed by atoms with van der Waals surface area (Å²) in [7, 11) is -5.37. The monoisotopic (exact) mass is 414 g/mol. The van der Waals surface area contributed by atoms with Crippen LogP contribution in [0.2, 0.25) is 0 Å². The molecule has 2 aliphatic rings. The van der Waals surface area contributed by atoms with E-state index in [1.165, 1.54) is 12.3 Å². The molecule has 11 heteroatoms.